The highest BCUT2D eigenvalue weighted by Gasteiger charge is 2.09. The van der Waals surface area contributed by atoms with Gasteiger partial charge in [-0.15, -0.1) is 0 Å². The van der Waals surface area contributed by atoms with E-state index in [1.807, 2.05) is 12.1 Å². The molecule has 1 aromatic rings. The quantitative estimate of drug-likeness (QED) is 0.784. The predicted molar refractivity (Wildman–Crippen MR) is 74.5 cm³/mol. The second-order valence-electron chi connectivity index (χ2n) is 3.86. The van der Waals surface area contributed by atoms with E-state index >= 15 is 0 Å². The fourth-order valence-electron chi connectivity index (χ4n) is 1.68. The zero-order chi connectivity index (χ0) is 13.6. The second kappa shape index (κ2) is 6.61. The van der Waals surface area contributed by atoms with Crippen LogP contribution in [0.5, 0.6) is 0 Å². The molecule has 0 saturated heterocycles. The summed E-state index contributed by atoms with van der Waals surface area (Å²) < 4.78 is 25.3. The average molecular weight is 272 g/mol. The first-order valence-electron chi connectivity index (χ1n) is 5.98. The molecular weight excluding hydrogens is 252 g/mol. The molecule has 0 aromatic heterocycles. The third-order valence-corrected chi connectivity index (χ3v) is 3.90. The Hall–Kier alpha value is -1.27. The van der Waals surface area contributed by atoms with Crippen molar-refractivity contribution in [1.29, 1.82) is 0 Å². The molecule has 18 heavy (non-hydrogen) atoms. The predicted octanol–water partition coefficient (Wildman–Crippen LogP) is 1.27. The minimum absolute atomic E-state index is 0.287. The SMILES string of the molecule is CCN(CC)c1ccc(NS(=O)(=O)CCO)cc1. The molecular formula is C12H20N2O3S. The van der Waals surface area contributed by atoms with Crippen molar-refractivity contribution in [3.8, 4) is 0 Å². The van der Waals surface area contributed by atoms with Gasteiger partial charge in [0.05, 0.1) is 12.4 Å². The van der Waals surface area contributed by atoms with Gasteiger partial charge in [-0.25, -0.2) is 8.42 Å². The van der Waals surface area contributed by atoms with Crippen LogP contribution in [0.15, 0.2) is 24.3 Å². The number of anilines is 2. The summed E-state index contributed by atoms with van der Waals surface area (Å²) in [6.45, 7) is 5.58. The first-order chi connectivity index (χ1) is 8.52. The van der Waals surface area contributed by atoms with Crippen molar-refractivity contribution in [2.24, 2.45) is 0 Å². The normalized spacial score (nSPS) is 11.3. The Morgan fingerprint density at radius 1 is 1.17 bits per heavy atom. The van der Waals surface area contributed by atoms with E-state index < -0.39 is 10.0 Å². The monoisotopic (exact) mass is 272 g/mol. The zero-order valence-corrected chi connectivity index (χ0v) is 11.6. The van der Waals surface area contributed by atoms with Crippen molar-refractivity contribution in [3.05, 3.63) is 24.3 Å². The highest BCUT2D eigenvalue weighted by Crippen LogP contribution is 2.18. The van der Waals surface area contributed by atoms with Crippen LogP contribution in [0.2, 0.25) is 0 Å². The molecule has 0 atom stereocenters. The molecule has 2 N–H and O–H groups in total. The lowest BCUT2D eigenvalue weighted by Gasteiger charge is -2.21. The molecule has 0 bridgehead atoms. The van der Waals surface area contributed by atoms with Gasteiger partial charge < -0.3 is 10.0 Å². The van der Waals surface area contributed by atoms with Crippen LogP contribution in [-0.4, -0.2) is 39.0 Å². The van der Waals surface area contributed by atoms with Gasteiger partial charge in [0, 0.05) is 24.5 Å². The smallest absolute Gasteiger partial charge is 0.234 e. The summed E-state index contributed by atoms with van der Waals surface area (Å²) in [6, 6.07) is 7.21. The number of hydrogen-bond donors (Lipinski definition) is 2. The maximum atomic E-state index is 11.4. The van der Waals surface area contributed by atoms with E-state index in [4.69, 9.17) is 5.11 Å². The molecule has 1 rings (SSSR count). The van der Waals surface area contributed by atoms with Crippen LogP contribution in [0.3, 0.4) is 0 Å². The van der Waals surface area contributed by atoms with E-state index in [1.165, 1.54) is 0 Å². The fourth-order valence-corrected chi connectivity index (χ4v) is 2.52. The number of nitrogens with zero attached hydrogens (tertiary/aromatic N) is 1. The first-order valence-corrected chi connectivity index (χ1v) is 7.64. The van der Waals surface area contributed by atoms with Gasteiger partial charge in [0.15, 0.2) is 0 Å². The summed E-state index contributed by atoms with van der Waals surface area (Å²) >= 11 is 0. The zero-order valence-electron chi connectivity index (χ0n) is 10.8. The summed E-state index contributed by atoms with van der Waals surface area (Å²) in [7, 11) is -3.44. The second-order valence-corrected chi connectivity index (χ2v) is 5.71. The molecule has 102 valence electrons. The van der Waals surface area contributed by atoms with Gasteiger partial charge in [0.25, 0.3) is 0 Å². The lowest BCUT2D eigenvalue weighted by atomic mass is 10.2. The van der Waals surface area contributed by atoms with Crippen molar-refractivity contribution in [1.82, 2.24) is 0 Å². The van der Waals surface area contributed by atoms with E-state index in [1.54, 1.807) is 12.1 Å². The molecule has 0 spiro atoms. The Morgan fingerprint density at radius 2 is 1.72 bits per heavy atom. The number of sulfonamides is 1. The number of aliphatic hydroxyl groups excluding tert-OH is 1. The third kappa shape index (κ3) is 4.19. The van der Waals surface area contributed by atoms with Gasteiger partial charge in [-0.3, -0.25) is 4.72 Å². The van der Waals surface area contributed by atoms with Crippen LogP contribution in [0, 0.1) is 0 Å². The van der Waals surface area contributed by atoms with Crippen LogP contribution in [-0.2, 0) is 10.0 Å². The molecule has 5 nitrogen and oxygen atoms in total. The van der Waals surface area contributed by atoms with Crippen LogP contribution in [0.4, 0.5) is 11.4 Å². The van der Waals surface area contributed by atoms with Gasteiger partial charge in [-0.05, 0) is 38.1 Å². The van der Waals surface area contributed by atoms with Crippen molar-refractivity contribution in [2.75, 3.05) is 35.1 Å². The molecule has 0 saturated carbocycles. The van der Waals surface area contributed by atoms with Gasteiger partial charge >= 0.3 is 0 Å². The molecule has 0 unspecified atom stereocenters. The molecule has 0 heterocycles. The Balaban J connectivity index is 2.77. The highest BCUT2D eigenvalue weighted by atomic mass is 32.2. The number of hydrogen-bond acceptors (Lipinski definition) is 4. The summed E-state index contributed by atoms with van der Waals surface area (Å²) in [5.74, 6) is -0.287. The van der Waals surface area contributed by atoms with E-state index in [0.717, 1.165) is 18.8 Å². The maximum absolute atomic E-state index is 11.4. The maximum Gasteiger partial charge on any atom is 0.234 e. The fraction of sp³-hybridized carbons (Fsp3) is 0.500. The molecule has 0 fully saturated rings. The van der Waals surface area contributed by atoms with Gasteiger partial charge in [0.1, 0.15) is 0 Å². The number of benzene rings is 1. The van der Waals surface area contributed by atoms with E-state index in [0.29, 0.717) is 5.69 Å². The Morgan fingerprint density at radius 3 is 2.17 bits per heavy atom. The lowest BCUT2D eigenvalue weighted by Crippen LogP contribution is -2.22. The largest absolute Gasteiger partial charge is 0.395 e. The molecule has 0 aliphatic carbocycles. The lowest BCUT2D eigenvalue weighted by molar-refractivity contribution is 0.320. The van der Waals surface area contributed by atoms with Gasteiger partial charge in [0.2, 0.25) is 10.0 Å². The highest BCUT2D eigenvalue weighted by molar-refractivity contribution is 7.92. The molecule has 0 amide bonds. The van der Waals surface area contributed by atoms with E-state index in [-0.39, 0.29) is 12.4 Å². The summed E-state index contributed by atoms with van der Waals surface area (Å²) in [6.07, 6.45) is 0. The molecule has 0 aliphatic heterocycles. The minimum Gasteiger partial charge on any atom is -0.395 e. The minimum atomic E-state index is -3.44. The van der Waals surface area contributed by atoms with Crippen LogP contribution >= 0.6 is 0 Å². The average Bonchev–Trinajstić information content (AvgIpc) is 2.32. The van der Waals surface area contributed by atoms with Crippen molar-refractivity contribution >= 4 is 21.4 Å². The first kappa shape index (κ1) is 14.8. The number of rotatable bonds is 7. The van der Waals surface area contributed by atoms with Crippen molar-refractivity contribution < 1.29 is 13.5 Å². The molecule has 6 heteroatoms. The van der Waals surface area contributed by atoms with Crippen LogP contribution < -0.4 is 9.62 Å². The molecule has 0 radical (unpaired) electrons. The number of nitrogens with one attached hydrogen (secondary N) is 1. The summed E-state index contributed by atoms with van der Waals surface area (Å²) in [4.78, 5) is 2.17. The van der Waals surface area contributed by atoms with Crippen molar-refractivity contribution in [3.63, 3.8) is 0 Å². The standard InChI is InChI=1S/C12H20N2O3S/c1-3-14(4-2)12-7-5-11(6-8-12)13-18(16,17)10-9-15/h5-8,13,15H,3-4,9-10H2,1-2H3. The Bertz CT molecular complexity index is 453. The molecule has 0 aliphatic rings. The number of aliphatic hydroxyl groups is 1. The van der Waals surface area contributed by atoms with Crippen LogP contribution in [0.25, 0.3) is 0 Å². The van der Waals surface area contributed by atoms with Crippen LogP contribution in [0.1, 0.15) is 13.8 Å². The Labute approximate surface area is 108 Å². The van der Waals surface area contributed by atoms with Gasteiger partial charge in [-0.2, -0.15) is 0 Å². The van der Waals surface area contributed by atoms with Crippen molar-refractivity contribution in [2.45, 2.75) is 13.8 Å². The van der Waals surface area contributed by atoms with E-state index in [2.05, 4.69) is 23.5 Å². The topological polar surface area (TPSA) is 69.6 Å². The Kier molecular flexibility index (Phi) is 5.43. The van der Waals surface area contributed by atoms with Gasteiger partial charge in [-0.1, -0.05) is 0 Å². The third-order valence-electron chi connectivity index (χ3n) is 2.63. The summed E-state index contributed by atoms with van der Waals surface area (Å²) in [5, 5.41) is 8.63. The summed E-state index contributed by atoms with van der Waals surface area (Å²) in [5.41, 5.74) is 1.57. The van der Waals surface area contributed by atoms with E-state index in [9.17, 15) is 8.42 Å². The molecule has 1 aromatic carbocycles.